The number of thiazole rings is 1. The maximum Gasteiger partial charge on any atom is 0.153 e. The Morgan fingerprint density at radius 1 is 1.57 bits per heavy atom. The molecule has 0 bridgehead atoms. The first kappa shape index (κ1) is 11.6. The van der Waals surface area contributed by atoms with Gasteiger partial charge in [-0.1, -0.05) is 6.92 Å². The van der Waals surface area contributed by atoms with Crippen LogP contribution in [0.25, 0.3) is 0 Å². The zero-order chi connectivity index (χ0) is 10.6. The van der Waals surface area contributed by atoms with E-state index in [0.29, 0.717) is 5.01 Å². The molecule has 0 spiro atoms. The SMILES string of the molecule is CCNCc1cnc(CS(C)(=O)=O)s1. The fourth-order valence-electron chi connectivity index (χ4n) is 0.969. The first-order valence-corrected chi connectivity index (χ1v) is 7.21. The van der Waals surface area contributed by atoms with Gasteiger partial charge in [0.25, 0.3) is 0 Å². The van der Waals surface area contributed by atoms with Crippen LogP contribution in [-0.2, 0) is 22.1 Å². The van der Waals surface area contributed by atoms with Crippen LogP contribution in [0.3, 0.4) is 0 Å². The van der Waals surface area contributed by atoms with Crippen molar-refractivity contribution >= 4 is 21.2 Å². The molecule has 0 fully saturated rings. The van der Waals surface area contributed by atoms with Gasteiger partial charge in [0.1, 0.15) is 10.8 Å². The van der Waals surface area contributed by atoms with Gasteiger partial charge in [-0.25, -0.2) is 13.4 Å². The molecule has 0 atom stereocenters. The molecule has 0 aliphatic heterocycles. The fraction of sp³-hybridized carbons (Fsp3) is 0.625. The minimum atomic E-state index is -2.96. The lowest BCUT2D eigenvalue weighted by Crippen LogP contribution is -2.10. The summed E-state index contributed by atoms with van der Waals surface area (Å²) >= 11 is 1.45. The summed E-state index contributed by atoms with van der Waals surface area (Å²) in [5, 5.41) is 3.83. The Balaban J connectivity index is 2.59. The van der Waals surface area contributed by atoms with E-state index in [-0.39, 0.29) is 5.75 Å². The van der Waals surface area contributed by atoms with Crippen LogP contribution in [0.4, 0.5) is 0 Å². The second kappa shape index (κ2) is 4.86. The zero-order valence-electron chi connectivity index (χ0n) is 8.28. The van der Waals surface area contributed by atoms with E-state index in [1.807, 2.05) is 6.92 Å². The second-order valence-corrected chi connectivity index (χ2v) is 6.41. The lowest BCUT2D eigenvalue weighted by Gasteiger charge is -1.95. The van der Waals surface area contributed by atoms with Crippen molar-refractivity contribution in [3.05, 3.63) is 16.1 Å². The summed E-state index contributed by atoms with van der Waals surface area (Å²) in [6, 6.07) is 0. The maximum atomic E-state index is 11.0. The third-order valence-electron chi connectivity index (χ3n) is 1.54. The molecule has 6 heteroatoms. The molecule has 0 aliphatic carbocycles. The number of sulfone groups is 1. The molecule has 1 aromatic heterocycles. The Hall–Kier alpha value is -0.460. The van der Waals surface area contributed by atoms with Crippen molar-refractivity contribution in [3.63, 3.8) is 0 Å². The fourth-order valence-corrected chi connectivity index (χ4v) is 3.06. The van der Waals surface area contributed by atoms with Crippen LogP contribution in [0.15, 0.2) is 6.20 Å². The van der Waals surface area contributed by atoms with Gasteiger partial charge in [-0.2, -0.15) is 0 Å². The van der Waals surface area contributed by atoms with Gasteiger partial charge >= 0.3 is 0 Å². The molecular formula is C8H14N2O2S2. The normalized spacial score (nSPS) is 11.9. The van der Waals surface area contributed by atoms with E-state index >= 15 is 0 Å². The topological polar surface area (TPSA) is 59.1 Å². The Labute approximate surface area is 88.3 Å². The predicted molar refractivity (Wildman–Crippen MR) is 58.0 cm³/mol. The molecule has 0 aliphatic rings. The van der Waals surface area contributed by atoms with Crippen molar-refractivity contribution < 1.29 is 8.42 Å². The lowest BCUT2D eigenvalue weighted by molar-refractivity contribution is 0.601. The van der Waals surface area contributed by atoms with Crippen LogP contribution >= 0.6 is 11.3 Å². The molecule has 1 heterocycles. The predicted octanol–water partition coefficient (Wildman–Crippen LogP) is 0.797. The summed E-state index contributed by atoms with van der Waals surface area (Å²) in [6.07, 6.45) is 2.95. The zero-order valence-corrected chi connectivity index (χ0v) is 9.91. The number of hydrogen-bond acceptors (Lipinski definition) is 5. The summed E-state index contributed by atoms with van der Waals surface area (Å²) in [5.74, 6) is 0.0454. The van der Waals surface area contributed by atoms with Gasteiger partial charge in [0.2, 0.25) is 0 Å². The van der Waals surface area contributed by atoms with Gasteiger partial charge in [-0.05, 0) is 6.54 Å². The third-order valence-corrected chi connectivity index (χ3v) is 3.51. The number of rotatable bonds is 5. The van der Waals surface area contributed by atoms with E-state index in [1.54, 1.807) is 6.20 Å². The highest BCUT2D eigenvalue weighted by Gasteiger charge is 2.08. The second-order valence-electron chi connectivity index (χ2n) is 3.07. The van der Waals surface area contributed by atoms with Crippen molar-refractivity contribution in [1.82, 2.24) is 10.3 Å². The number of nitrogens with one attached hydrogen (secondary N) is 1. The van der Waals surface area contributed by atoms with Crippen LogP contribution in [0, 0.1) is 0 Å². The monoisotopic (exact) mass is 234 g/mol. The van der Waals surface area contributed by atoms with Gasteiger partial charge in [0.15, 0.2) is 9.84 Å². The number of nitrogens with zero attached hydrogens (tertiary/aromatic N) is 1. The maximum absolute atomic E-state index is 11.0. The molecule has 1 aromatic rings. The average Bonchev–Trinajstić information content (AvgIpc) is 2.46. The molecule has 0 saturated carbocycles. The lowest BCUT2D eigenvalue weighted by atomic mass is 10.5. The van der Waals surface area contributed by atoms with Gasteiger partial charge in [0, 0.05) is 23.9 Å². The smallest absolute Gasteiger partial charge is 0.153 e. The molecule has 0 radical (unpaired) electrons. The van der Waals surface area contributed by atoms with Crippen LogP contribution in [0.1, 0.15) is 16.8 Å². The third kappa shape index (κ3) is 4.17. The van der Waals surface area contributed by atoms with Gasteiger partial charge in [-0.3, -0.25) is 0 Å². The summed E-state index contributed by atoms with van der Waals surface area (Å²) in [6.45, 7) is 3.69. The van der Waals surface area contributed by atoms with E-state index < -0.39 is 9.84 Å². The number of hydrogen-bond donors (Lipinski definition) is 1. The van der Waals surface area contributed by atoms with Gasteiger partial charge in [-0.15, -0.1) is 11.3 Å². The molecule has 4 nitrogen and oxygen atoms in total. The van der Waals surface area contributed by atoms with E-state index in [1.165, 1.54) is 17.6 Å². The van der Waals surface area contributed by atoms with Crippen molar-refractivity contribution in [2.75, 3.05) is 12.8 Å². The summed E-state index contributed by atoms with van der Waals surface area (Å²) in [4.78, 5) is 5.13. The molecule has 0 amide bonds. The minimum Gasteiger partial charge on any atom is -0.312 e. The van der Waals surface area contributed by atoms with E-state index in [0.717, 1.165) is 18.0 Å². The summed E-state index contributed by atoms with van der Waals surface area (Å²) in [7, 11) is -2.96. The Morgan fingerprint density at radius 2 is 2.29 bits per heavy atom. The highest BCUT2D eigenvalue weighted by Crippen LogP contribution is 2.14. The van der Waals surface area contributed by atoms with Crippen molar-refractivity contribution in [2.24, 2.45) is 0 Å². The molecule has 0 aromatic carbocycles. The molecule has 0 saturated heterocycles. The Bertz CT molecular complexity index is 384. The molecule has 1 N–H and O–H groups in total. The number of aromatic nitrogens is 1. The average molecular weight is 234 g/mol. The van der Waals surface area contributed by atoms with Crippen molar-refractivity contribution in [2.45, 2.75) is 19.2 Å². The largest absolute Gasteiger partial charge is 0.312 e. The molecular weight excluding hydrogens is 220 g/mol. The first-order valence-electron chi connectivity index (χ1n) is 4.33. The Morgan fingerprint density at radius 3 is 2.86 bits per heavy atom. The quantitative estimate of drug-likeness (QED) is 0.818. The van der Waals surface area contributed by atoms with Crippen LogP contribution < -0.4 is 5.32 Å². The van der Waals surface area contributed by atoms with Crippen LogP contribution in [-0.4, -0.2) is 26.2 Å². The molecule has 14 heavy (non-hydrogen) atoms. The van der Waals surface area contributed by atoms with Gasteiger partial charge in [0.05, 0.1) is 0 Å². The summed E-state index contributed by atoms with van der Waals surface area (Å²) in [5.41, 5.74) is 0. The Kier molecular flexibility index (Phi) is 4.03. The summed E-state index contributed by atoms with van der Waals surface area (Å²) < 4.78 is 21.9. The standard InChI is InChI=1S/C8H14N2O2S2/c1-3-9-4-7-5-10-8(13-7)6-14(2,11)12/h5,9H,3-4,6H2,1-2H3. The van der Waals surface area contributed by atoms with Crippen LogP contribution in [0.2, 0.25) is 0 Å². The molecule has 0 unspecified atom stereocenters. The molecule has 80 valence electrons. The highest BCUT2D eigenvalue weighted by molar-refractivity contribution is 7.90. The van der Waals surface area contributed by atoms with Crippen molar-refractivity contribution in [3.8, 4) is 0 Å². The first-order chi connectivity index (χ1) is 6.51. The van der Waals surface area contributed by atoms with Gasteiger partial charge < -0.3 is 5.32 Å². The van der Waals surface area contributed by atoms with E-state index in [2.05, 4.69) is 10.3 Å². The van der Waals surface area contributed by atoms with E-state index in [9.17, 15) is 8.42 Å². The highest BCUT2D eigenvalue weighted by atomic mass is 32.2. The van der Waals surface area contributed by atoms with Crippen LogP contribution in [0.5, 0.6) is 0 Å². The molecule has 1 rings (SSSR count). The van der Waals surface area contributed by atoms with E-state index in [4.69, 9.17) is 0 Å². The minimum absolute atomic E-state index is 0.0454. The van der Waals surface area contributed by atoms with Crippen molar-refractivity contribution in [1.29, 1.82) is 0 Å².